The molecule has 2 aromatic heterocycles. The van der Waals surface area contributed by atoms with Gasteiger partial charge in [-0.15, -0.1) is 11.3 Å². The fourth-order valence-corrected chi connectivity index (χ4v) is 3.36. The highest BCUT2D eigenvalue weighted by atomic mass is 32.1. The van der Waals surface area contributed by atoms with Crippen LogP contribution in [-0.2, 0) is 11.8 Å². The van der Waals surface area contributed by atoms with E-state index in [1.165, 1.54) is 11.3 Å². The van der Waals surface area contributed by atoms with Gasteiger partial charge in [-0.25, -0.2) is 4.98 Å². The zero-order chi connectivity index (χ0) is 17.9. The molecule has 1 unspecified atom stereocenters. The average Bonchev–Trinajstić information content (AvgIpc) is 3.08. The summed E-state index contributed by atoms with van der Waals surface area (Å²) in [5, 5.41) is 16.8. The van der Waals surface area contributed by atoms with Crippen molar-refractivity contribution < 1.29 is 14.7 Å². The number of amides is 1. The number of rotatable bonds is 7. The summed E-state index contributed by atoms with van der Waals surface area (Å²) in [6.07, 6.45) is 4.06. The Kier molecular flexibility index (Phi) is 5.71. The Labute approximate surface area is 144 Å². The van der Waals surface area contributed by atoms with E-state index in [0.29, 0.717) is 17.0 Å². The van der Waals surface area contributed by atoms with Crippen molar-refractivity contribution >= 4 is 23.2 Å². The first kappa shape index (κ1) is 18.1. The van der Waals surface area contributed by atoms with E-state index in [-0.39, 0.29) is 18.4 Å². The lowest BCUT2D eigenvalue weighted by Gasteiger charge is -2.15. The molecule has 0 radical (unpaired) electrons. The second-order valence-electron chi connectivity index (χ2n) is 6.21. The maximum atomic E-state index is 12.4. The molecule has 2 rings (SSSR count). The fourth-order valence-electron chi connectivity index (χ4n) is 2.40. The lowest BCUT2D eigenvalue weighted by molar-refractivity contribution is -0.142. The maximum Gasteiger partial charge on any atom is 0.308 e. The van der Waals surface area contributed by atoms with Crippen molar-refractivity contribution in [2.75, 3.05) is 6.54 Å². The molecule has 1 atom stereocenters. The van der Waals surface area contributed by atoms with Crippen LogP contribution < -0.4 is 5.32 Å². The molecule has 0 aliphatic rings. The Morgan fingerprint density at radius 3 is 2.67 bits per heavy atom. The van der Waals surface area contributed by atoms with Crippen LogP contribution >= 0.6 is 11.3 Å². The SMILES string of the molecule is Cc1nc(-c2cnn(C)c2)sc1C(=O)NCC(CC(C)C)C(=O)O. The van der Waals surface area contributed by atoms with Gasteiger partial charge in [0, 0.05) is 25.4 Å². The van der Waals surface area contributed by atoms with Crippen molar-refractivity contribution in [3.8, 4) is 10.6 Å². The number of aryl methyl sites for hydroxylation is 2. The molecule has 0 saturated heterocycles. The number of carbonyl (C=O) groups excluding carboxylic acids is 1. The molecule has 0 bridgehead atoms. The first-order chi connectivity index (χ1) is 11.3. The lowest BCUT2D eigenvalue weighted by Crippen LogP contribution is -2.33. The van der Waals surface area contributed by atoms with Gasteiger partial charge in [0.25, 0.3) is 5.91 Å². The third-order valence-corrected chi connectivity index (χ3v) is 4.77. The van der Waals surface area contributed by atoms with E-state index in [4.69, 9.17) is 0 Å². The van der Waals surface area contributed by atoms with Crippen LogP contribution in [0.15, 0.2) is 12.4 Å². The standard InChI is InChI=1S/C16H22N4O3S/c1-9(2)5-11(16(22)23)6-17-14(21)13-10(3)19-15(24-13)12-7-18-20(4)8-12/h7-9,11H,5-6H2,1-4H3,(H,17,21)(H,22,23). The number of aromatic nitrogens is 3. The Bertz CT molecular complexity index is 736. The van der Waals surface area contributed by atoms with Crippen LogP contribution in [0, 0.1) is 18.8 Å². The predicted molar refractivity (Wildman–Crippen MR) is 92.0 cm³/mol. The van der Waals surface area contributed by atoms with Gasteiger partial charge >= 0.3 is 5.97 Å². The van der Waals surface area contributed by atoms with Gasteiger partial charge in [0.15, 0.2) is 0 Å². The number of carboxylic acid groups (broad SMARTS) is 1. The summed E-state index contributed by atoms with van der Waals surface area (Å²) in [5.41, 5.74) is 1.49. The molecule has 130 valence electrons. The minimum Gasteiger partial charge on any atom is -0.481 e. The molecule has 2 aromatic rings. The number of carboxylic acids is 1. The van der Waals surface area contributed by atoms with Crippen molar-refractivity contribution in [2.24, 2.45) is 18.9 Å². The van der Waals surface area contributed by atoms with Gasteiger partial charge in [-0.3, -0.25) is 14.3 Å². The zero-order valence-corrected chi connectivity index (χ0v) is 15.1. The number of nitrogens with zero attached hydrogens (tertiary/aromatic N) is 3. The van der Waals surface area contributed by atoms with Gasteiger partial charge in [0.05, 0.1) is 17.8 Å². The highest BCUT2D eigenvalue weighted by Gasteiger charge is 2.22. The van der Waals surface area contributed by atoms with E-state index in [1.54, 1.807) is 17.8 Å². The van der Waals surface area contributed by atoms with Gasteiger partial charge < -0.3 is 10.4 Å². The second kappa shape index (κ2) is 7.57. The van der Waals surface area contributed by atoms with E-state index in [0.717, 1.165) is 10.6 Å². The monoisotopic (exact) mass is 350 g/mol. The number of thiazole rings is 1. The third kappa shape index (κ3) is 4.41. The molecule has 0 fully saturated rings. The maximum absolute atomic E-state index is 12.4. The summed E-state index contributed by atoms with van der Waals surface area (Å²) in [7, 11) is 1.82. The molecular weight excluding hydrogens is 328 g/mol. The van der Waals surface area contributed by atoms with E-state index < -0.39 is 11.9 Å². The van der Waals surface area contributed by atoms with Crippen LogP contribution in [-0.4, -0.2) is 38.3 Å². The molecular formula is C16H22N4O3S. The summed E-state index contributed by atoms with van der Waals surface area (Å²) in [6, 6.07) is 0. The average molecular weight is 350 g/mol. The summed E-state index contributed by atoms with van der Waals surface area (Å²) in [6.45, 7) is 5.82. The smallest absolute Gasteiger partial charge is 0.308 e. The van der Waals surface area contributed by atoms with Gasteiger partial charge in [-0.2, -0.15) is 5.10 Å². The normalized spacial score (nSPS) is 12.4. The number of hydrogen-bond donors (Lipinski definition) is 2. The van der Waals surface area contributed by atoms with Gasteiger partial charge in [0.1, 0.15) is 9.88 Å². The minimum absolute atomic E-state index is 0.117. The first-order valence-corrected chi connectivity index (χ1v) is 8.57. The van der Waals surface area contributed by atoms with E-state index >= 15 is 0 Å². The quantitative estimate of drug-likeness (QED) is 0.799. The van der Waals surface area contributed by atoms with E-state index in [1.807, 2.05) is 27.1 Å². The molecule has 8 heteroatoms. The molecule has 7 nitrogen and oxygen atoms in total. The van der Waals surface area contributed by atoms with Gasteiger partial charge in [0.2, 0.25) is 0 Å². The van der Waals surface area contributed by atoms with E-state index in [2.05, 4.69) is 15.4 Å². The lowest BCUT2D eigenvalue weighted by atomic mass is 9.97. The zero-order valence-electron chi connectivity index (χ0n) is 14.2. The van der Waals surface area contributed by atoms with Crippen LogP contribution in [0.4, 0.5) is 0 Å². The molecule has 0 aliphatic carbocycles. The Balaban J connectivity index is 2.07. The molecule has 24 heavy (non-hydrogen) atoms. The summed E-state index contributed by atoms with van der Waals surface area (Å²) in [4.78, 5) is 28.6. The summed E-state index contributed by atoms with van der Waals surface area (Å²) >= 11 is 1.28. The highest BCUT2D eigenvalue weighted by molar-refractivity contribution is 7.17. The molecule has 0 spiro atoms. The number of nitrogens with one attached hydrogen (secondary N) is 1. The number of carbonyl (C=O) groups is 2. The minimum atomic E-state index is -0.888. The molecule has 1 amide bonds. The van der Waals surface area contributed by atoms with Crippen molar-refractivity contribution in [1.82, 2.24) is 20.1 Å². The number of hydrogen-bond acceptors (Lipinski definition) is 5. The Morgan fingerprint density at radius 2 is 2.12 bits per heavy atom. The van der Waals surface area contributed by atoms with Crippen molar-refractivity contribution in [1.29, 1.82) is 0 Å². The van der Waals surface area contributed by atoms with Gasteiger partial charge in [-0.05, 0) is 19.3 Å². The van der Waals surface area contributed by atoms with Crippen molar-refractivity contribution in [2.45, 2.75) is 27.2 Å². The Hall–Kier alpha value is -2.22. The fraction of sp³-hybridized carbons (Fsp3) is 0.500. The highest BCUT2D eigenvalue weighted by Crippen LogP contribution is 2.27. The van der Waals surface area contributed by atoms with Crippen molar-refractivity contribution in [3.63, 3.8) is 0 Å². The largest absolute Gasteiger partial charge is 0.481 e. The molecule has 2 N–H and O–H groups in total. The van der Waals surface area contributed by atoms with Gasteiger partial charge in [-0.1, -0.05) is 13.8 Å². The number of aliphatic carboxylic acids is 1. The summed E-state index contributed by atoms with van der Waals surface area (Å²) in [5.74, 6) is -1.50. The Morgan fingerprint density at radius 1 is 1.42 bits per heavy atom. The molecule has 0 aliphatic heterocycles. The predicted octanol–water partition coefficient (Wildman–Crippen LogP) is 2.33. The summed E-state index contributed by atoms with van der Waals surface area (Å²) < 4.78 is 1.68. The third-order valence-electron chi connectivity index (χ3n) is 3.57. The second-order valence-corrected chi connectivity index (χ2v) is 7.21. The van der Waals surface area contributed by atoms with Crippen LogP contribution in [0.1, 0.15) is 35.6 Å². The van der Waals surface area contributed by atoms with Crippen LogP contribution in [0.5, 0.6) is 0 Å². The first-order valence-electron chi connectivity index (χ1n) is 7.75. The van der Waals surface area contributed by atoms with Crippen LogP contribution in [0.25, 0.3) is 10.6 Å². The molecule has 0 saturated carbocycles. The molecule has 2 heterocycles. The van der Waals surface area contributed by atoms with Crippen LogP contribution in [0.3, 0.4) is 0 Å². The van der Waals surface area contributed by atoms with Crippen LogP contribution in [0.2, 0.25) is 0 Å². The topological polar surface area (TPSA) is 97.1 Å². The molecule has 0 aromatic carbocycles. The van der Waals surface area contributed by atoms with Crippen molar-refractivity contribution in [3.05, 3.63) is 23.0 Å². The van der Waals surface area contributed by atoms with E-state index in [9.17, 15) is 14.7 Å².